The van der Waals surface area contributed by atoms with E-state index in [0.29, 0.717) is 31.7 Å². The maximum Gasteiger partial charge on any atom is 0.242 e. The Morgan fingerprint density at radius 1 is 0.882 bits per heavy atom. The van der Waals surface area contributed by atoms with E-state index >= 15 is 0 Å². The first kappa shape index (κ1) is 25.7. The maximum atomic E-state index is 13.6. The zero-order chi connectivity index (χ0) is 24.5. The summed E-state index contributed by atoms with van der Waals surface area (Å²) in [4.78, 5) is 28.3. The number of amides is 2. The highest BCUT2D eigenvalue weighted by atomic mass is 79.9. The molecule has 3 rings (SSSR count). The van der Waals surface area contributed by atoms with Gasteiger partial charge in [0.2, 0.25) is 11.8 Å². The molecule has 0 fully saturated rings. The molecule has 0 heterocycles. The van der Waals surface area contributed by atoms with Gasteiger partial charge in [0.1, 0.15) is 6.04 Å². The Hall–Kier alpha value is -2.92. The van der Waals surface area contributed by atoms with Crippen LogP contribution in [0.3, 0.4) is 0 Å². The van der Waals surface area contributed by atoms with E-state index in [1.165, 1.54) is 5.56 Å². The minimum Gasteiger partial charge on any atom is -0.357 e. The molecule has 0 saturated heterocycles. The maximum absolute atomic E-state index is 13.6. The monoisotopic (exact) mass is 520 g/mol. The van der Waals surface area contributed by atoms with E-state index in [2.05, 4.69) is 59.4 Å². The minimum absolute atomic E-state index is 0.0301. The summed E-state index contributed by atoms with van der Waals surface area (Å²) < 4.78 is 0.946. The molecule has 3 aromatic carbocycles. The van der Waals surface area contributed by atoms with Gasteiger partial charge in [-0.15, -0.1) is 0 Å². The number of aryl methyl sites for hydroxylation is 1. The number of nitrogens with zero attached hydrogens (tertiary/aromatic N) is 1. The fourth-order valence-corrected chi connectivity index (χ4v) is 4.46. The predicted molar refractivity (Wildman–Crippen MR) is 142 cm³/mol. The van der Waals surface area contributed by atoms with Crippen LogP contribution < -0.4 is 5.32 Å². The van der Waals surface area contributed by atoms with Gasteiger partial charge >= 0.3 is 0 Å². The molecule has 178 valence electrons. The van der Waals surface area contributed by atoms with E-state index in [1.54, 1.807) is 11.9 Å². The fraction of sp³-hybridized carbons (Fsp3) is 0.310. The van der Waals surface area contributed by atoms with E-state index in [-0.39, 0.29) is 11.8 Å². The molecule has 0 aliphatic heterocycles. The van der Waals surface area contributed by atoms with Crippen molar-refractivity contribution in [2.45, 2.75) is 51.6 Å². The van der Waals surface area contributed by atoms with Crippen molar-refractivity contribution in [2.24, 2.45) is 0 Å². The van der Waals surface area contributed by atoms with Crippen LogP contribution in [-0.2, 0) is 29.0 Å². The summed E-state index contributed by atoms with van der Waals surface area (Å²) in [5.41, 5.74) is 4.41. The van der Waals surface area contributed by atoms with Gasteiger partial charge in [0.15, 0.2) is 0 Å². The zero-order valence-electron chi connectivity index (χ0n) is 20.1. The Labute approximate surface area is 211 Å². The van der Waals surface area contributed by atoms with Crippen molar-refractivity contribution in [2.75, 3.05) is 7.05 Å². The summed E-state index contributed by atoms with van der Waals surface area (Å²) >= 11 is 3.52. The van der Waals surface area contributed by atoms with E-state index in [4.69, 9.17) is 0 Å². The van der Waals surface area contributed by atoms with Crippen LogP contribution >= 0.6 is 15.9 Å². The van der Waals surface area contributed by atoms with Gasteiger partial charge < -0.3 is 10.2 Å². The Morgan fingerprint density at radius 2 is 1.56 bits per heavy atom. The molecule has 4 nitrogen and oxygen atoms in total. The van der Waals surface area contributed by atoms with Crippen molar-refractivity contribution in [3.8, 4) is 0 Å². The molecule has 0 aromatic heterocycles. The smallest absolute Gasteiger partial charge is 0.242 e. The number of carbonyl (C=O) groups excluding carboxylic acids is 2. The van der Waals surface area contributed by atoms with Gasteiger partial charge in [-0.2, -0.15) is 0 Å². The Morgan fingerprint density at radius 3 is 2.18 bits per heavy atom. The van der Waals surface area contributed by atoms with Crippen LogP contribution in [0.4, 0.5) is 0 Å². The van der Waals surface area contributed by atoms with Gasteiger partial charge in [0.05, 0.1) is 0 Å². The molecule has 5 heteroatoms. The second-order valence-electron chi connectivity index (χ2n) is 8.87. The van der Waals surface area contributed by atoms with Crippen LogP contribution in [0.25, 0.3) is 0 Å². The van der Waals surface area contributed by atoms with Gasteiger partial charge in [0, 0.05) is 30.9 Å². The third-order valence-electron chi connectivity index (χ3n) is 6.03. The summed E-state index contributed by atoms with van der Waals surface area (Å²) in [6, 6.07) is 25.6. The number of hydrogen-bond acceptors (Lipinski definition) is 2. The van der Waals surface area contributed by atoms with Crippen molar-refractivity contribution < 1.29 is 9.59 Å². The van der Waals surface area contributed by atoms with Gasteiger partial charge in [-0.1, -0.05) is 96.5 Å². The van der Waals surface area contributed by atoms with E-state index in [9.17, 15) is 9.59 Å². The van der Waals surface area contributed by atoms with Crippen molar-refractivity contribution >= 4 is 27.7 Å². The first-order valence-corrected chi connectivity index (χ1v) is 12.5. The first-order valence-electron chi connectivity index (χ1n) is 11.8. The van der Waals surface area contributed by atoms with Crippen LogP contribution in [0, 0.1) is 0 Å². The summed E-state index contributed by atoms with van der Waals surface area (Å²) in [7, 11) is 1.62. The van der Waals surface area contributed by atoms with Gasteiger partial charge in [0.25, 0.3) is 0 Å². The van der Waals surface area contributed by atoms with Crippen molar-refractivity contribution in [1.29, 1.82) is 0 Å². The normalized spacial score (nSPS) is 11.8. The highest BCUT2D eigenvalue weighted by molar-refractivity contribution is 9.10. The van der Waals surface area contributed by atoms with Crippen LogP contribution in [0.2, 0.25) is 0 Å². The third-order valence-corrected chi connectivity index (χ3v) is 6.53. The second kappa shape index (κ2) is 12.5. The topological polar surface area (TPSA) is 49.4 Å². The molecule has 0 radical (unpaired) electrons. The number of likely N-dealkylation sites (N-methyl/N-ethyl adjacent to an activating group) is 1. The lowest BCUT2D eigenvalue weighted by atomic mass is 9.99. The van der Waals surface area contributed by atoms with E-state index in [1.807, 2.05) is 54.6 Å². The van der Waals surface area contributed by atoms with Crippen molar-refractivity contribution in [1.82, 2.24) is 10.2 Å². The van der Waals surface area contributed by atoms with Crippen LogP contribution in [0.1, 0.15) is 48.4 Å². The lowest BCUT2D eigenvalue weighted by Gasteiger charge is -2.31. The summed E-state index contributed by atoms with van der Waals surface area (Å²) in [5, 5.41) is 2.77. The molecular formula is C29H33BrN2O2. The molecule has 0 aliphatic carbocycles. The standard InChI is InChI=1S/C29H33BrN2O2/c1-21(2)25-15-12-22(13-16-25)14-17-28(33)32(20-24-10-7-11-26(30)18-24)27(29(34)31-3)19-23-8-5-4-6-9-23/h4-13,15-16,18,21,27H,14,17,19-20H2,1-3H3,(H,31,34)/t27-/m1/s1. The Kier molecular flexibility index (Phi) is 9.46. The molecule has 1 N–H and O–H groups in total. The predicted octanol–water partition coefficient (Wildman–Crippen LogP) is 5.89. The summed E-state index contributed by atoms with van der Waals surface area (Å²) in [6.45, 7) is 4.71. The van der Waals surface area contributed by atoms with Crippen LogP contribution in [0.15, 0.2) is 83.3 Å². The van der Waals surface area contributed by atoms with Crippen molar-refractivity contribution in [3.05, 3.63) is 106 Å². The highest BCUT2D eigenvalue weighted by Gasteiger charge is 2.29. The minimum atomic E-state index is -0.595. The quantitative estimate of drug-likeness (QED) is 0.362. The van der Waals surface area contributed by atoms with E-state index in [0.717, 1.165) is 21.2 Å². The van der Waals surface area contributed by atoms with E-state index < -0.39 is 6.04 Å². The summed E-state index contributed by atoms with van der Waals surface area (Å²) in [5.74, 6) is 0.286. The Balaban J connectivity index is 1.84. The number of benzene rings is 3. The lowest BCUT2D eigenvalue weighted by molar-refractivity contribution is -0.141. The Bertz CT molecular complexity index is 1080. The highest BCUT2D eigenvalue weighted by Crippen LogP contribution is 2.20. The number of nitrogens with one attached hydrogen (secondary N) is 1. The number of hydrogen-bond donors (Lipinski definition) is 1. The third kappa shape index (κ3) is 7.29. The largest absolute Gasteiger partial charge is 0.357 e. The molecule has 34 heavy (non-hydrogen) atoms. The summed E-state index contributed by atoms with van der Waals surface area (Å²) in [6.07, 6.45) is 1.44. The number of carbonyl (C=O) groups is 2. The van der Waals surface area contributed by atoms with Crippen LogP contribution in [0.5, 0.6) is 0 Å². The zero-order valence-corrected chi connectivity index (χ0v) is 21.7. The lowest BCUT2D eigenvalue weighted by Crippen LogP contribution is -2.49. The first-order chi connectivity index (χ1) is 16.4. The van der Waals surface area contributed by atoms with Crippen LogP contribution in [-0.4, -0.2) is 29.8 Å². The van der Waals surface area contributed by atoms with Gasteiger partial charge in [-0.25, -0.2) is 0 Å². The second-order valence-corrected chi connectivity index (χ2v) is 9.78. The average Bonchev–Trinajstić information content (AvgIpc) is 2.85. The SMILES string of the molecule is CNC(=O)[C@@H](Cc1ccccc1)N(Cc1cccc(Br)c1)C(=O)CCc1ccc(C(C)C)cc1. The fourth-order valence-electron chi connectivity index (χ4n) is 4.02. The molecule has 0 spiro atoms. The molecule has 3 aromatic rings. The van der Waals surface area contributed by atoms with Crippen molar-refractivity contribution in [3.63, 3.8) is 0 Å². The number of rotatable bonds is 10. The molecule has 0 saturated carbocycles. The molecule has 0 unspecified atom stereocenters. The molecule has 0 bridgehead atoms. The average molecular weight is 521 g/mol. The molecule has 0 aliphatic rings. The molecule has 2 amide bonds. The van der Waals surface area contributed by atoms with Gasteiger partial charge in [-0.3, -0.25) is 9.59 Å². The van der Waals surface area contributed by atoms with Gasteiger partial charge in [-0.05, 0) is 46.7 Å². The number of halogens is 1. The molecule has 1 atom stereocenters. The molecular weight excluding hydrogens is 488 g/mol.